The van der Waals surface area contributed by atoms with Crippen LogP contribution in [0.3, 0.4) is 0 Å². The molecule has 1 aromatic carbocycles. The Kier molecular flexibility index (Phi) is 2.33. The Balaban J connectivity index is 2.30. The average molecular weight is 212 g/mol. The molecule has 76 valence electrons. The van der Waals surface area contributed by atoms with Crippen molar-refractivity contribution in [2.75, 3.05) is 11.5 Å². The van der Waals surface area contributed by atoms with Gasteiger partial charge < -0.3 is 5.73 Å². The molecule has 1 heterocycles. The summed E-state index contributed by atoms with van der Waals surface area (Å²) in [5.74, 6) is 0.568. The molecule has 1 aromatic rings. The maximum absolute atomic E-state index is 11.4. The number of hydrogen-bond donors (Lipinski definition) is 1. The van der Waals surface area contributed by atoms with Gasteiger partial charge in [0.15, 0.2) is 9.84 Å². The van der Waals surface area contributed by atoms with Crippen LogP contribution in [0.15, 0.2) is 30.3 Å². The van der Waals surface area contributed by atoms with Gasteiger partial charge in [-0.25, -0.2) is 8.42 Å². The van der Waals surface area contributed by atoms with Gasteiger partial charge in [0.25, 0.3) is 0 Å². The molecule has 1 saturated heterocycles. The number of sulfone groups is 1. The minimum atomic E-state index is -2.86. The van der Waals surface area contributed by atoms with Gasteiger partial charge in [0, 0.05) is 0 Å². The van der Waals surface area contributed by atoms with Crippen LogP contribution < -0.4 is 5.73 Å². The highest BCUT2D eigenvalue weighted by Gasteiger charge is 2.38. The first kappa shape index (κ1) is 9.68. The highest BCUT2D eigenvalue weighted by Crippen LogP contribution is 2.26. The van der Waals surface area contributed by atoms with Crippen LogP contribution >= 0.6 is 0 Å². The van der Waals surface area contributed by atoms with Gasteiger partial charge in [-0.05, 0) is 5.56 Å². The summed E-state index contributed by atoms with van der Waals surface area (Å²) in [4.78, 5) is 0. The van der Waals surface area contributed by atoms with Crippen molar-refractivity contribution in [2.45, 2.75) is 12.0 Å². The second kappa shape index (κ2) is 3.37. The zero-order valence-electron chi connectivity index (χ0n) is 7.89. The summed E-state index contributed by atoms with van der Waals surface area (Å²) in [5, 5.41) is 0. The van der Waals surface area contributed by atoms with Crippen LogP contribution in [0.25, 0.3) is 0 Å². The Morgan fingerprint density at radius 1 is 1.14 bits per heavy atom. The summed E-state index contributed by atoms with van der Waals surface area (Å²) in [7, 11) is -2.86. The van der Waals surface area contributed by atoms with E-state index in [1.54, 1.807) is 0 Å². The third-order valence-electron chi connectivity index (χ3n) is 2.70. The van der Waals surface area contributed by atoms with E-state index in [0.717, 1.165) is 5.56 Å². The van der Waals surface area contributed by atoms with Gasteiger partial charge in [-0.2, -0.15) is 0 Å². The normalized spacial score (nSPS) is 30.4. The fraction of sp³-hybridized carbons (Fsp3) is 0.400. The van der Waals surface area contributed by atoms with E-state index < -0.39 is 9.84 Å². The highest BCUT2D eigenvalue weighted by molar-refractivity contribution is 7.91. The van der Waals surface area contributed by atoms with Crippen molar-refractivity contribution in [1.29, 1.82) is 0 Å². The first-order chi connectivity index (χ1) is 6.58. The molecule has 4 heteroatoms. The van der Waals surface area contributed by atoms with Crippen LogP contribution in [0.2, 0.25) is 0 Å². The Bertz CT molecular complexity index is 413. The molecule has 0 saturated carbocycles. The summed E-state index contributed by atoms with van der Waals surface area (Å²) in [6.07, 6.45) is 0. The van der Waals surface area contributed by atoms with Gasteiger partial charge in [0.1, 0.15) is 11.8 Å². The van der Waals surface area contributed by atoms with Crippen LogP contribution in [-0.4, -0.2) is 26.0 Å². The van der Waals surface area contributed by atoms with Crippen molar-refractivity contribution in [3.05, 3.63) is 35.9 Å². The van der Waals surface area contributed by atoms with E-state index in [1.165, 1.54) is 0 Å². The van der Waals surface area contributed by atoms with E-state index in [-0.39, 0.29) is 23.5 Å². The Morgan fingerprint density at radius 3 is 2.29 bits per heavy atom. The number of hydrogen-bond acceptors (Lipinski definition) is 2. The molecule has 2 rings (SSSR count). The second-order valence-electron chi connectivity index (χ2n) is 3.85. The van der Waals surface area contributed by atoms with E-state index in [9.17, 15) is 8.42 Å². The number of benzene rings is 1. The van der Waals surface area contributed by atoms with Crippen LogP contribution in [0.1, 0.15) is 11.5 Å². The van der Waals surface area contributed by atoms with E-state index in [1.807, 2.05) is 30.3 Å². The summed E-state index contributed by atoms with van der Waals surface area (Å²) in [6.45, 7) is 0. The van der Waals surface area contributed by atoms with Crippen molar-refractivity contribution in [1.82, 2.24) is 0 Å². The predicted molar refractivity (Wildman–Crippen MR) is 54.5 cm³/mol. The molecule has 1 fully saturated rings. The summed E-state index contributed by atoms with van der Waals surface area (Å²) in [5.41, 5.74) is 5.00. The van der Waals surface area contributed by atoms with E-state index in [4.69, 9.17) is 0 Å². The lowest BCUT2D eigenvalue weighted by Gasteiger charge is -2.10. The molecule has 0 amide bonds. The van der Waals surface area contributed by atoms with E-state index in [0.29, 0.717) is 0 Å². The molecule has 1 aliphatic rings. The SMILES string of the molecule is [NH3+][C@H]1CS(=O)(=O)C[C@H]1c1ccccc1. The summed E-state index contributed by atoms with van der Waals surface area (Å²) < 4.78 is 22.8. The summed E-state index contributed by atoms with van der Waals surface area (Å²) in [6, 6.07) is 9.76. The topological polar surface area (TPSA) is 61.8 Å². The summed E-state index contributed by atoms with van der Waals surface area (Å²) >= 11 is 0. The van der Waals surface area contributed by atoms with Crippen molar-refractivity contribution >= 4 is 9.84 Å². The molecule has 0 unspecified atom stereocenters. The molecule has 2 atom stereocenters. The zero-order valence-corrected chi connectivity index (χ0v) is 8.70. The lowest BCUT2D eigenvalue weighted by atomic mass is 9.95. The van der Waals surface area contributed by atoms with Crippen molar-refractivity contribution in [3.8, 4) is 0 Å². The van der Waals surface area contributed by atoms with Crippen LogP contribution in [-0.2, 0) is 9.84 Å². The molecule has 3 nitrogen and oxygen atoms in total. The van der Waals surface area contributed by atoms with Crippen LogP contribution in [0, 0.1) is 0 Å². The largest absolute Gasteiger partial charge is 0.354 e. The van der Waals surface area contributed by atoms with Gasteiger partial charge in [0.05, 0.1) is 11.7 Å². The Hall–Kier alpha value is -0.870. The van der Waals surface area contributed by atoms with Gasteiger partial charge in [-0.3, -0.25) is 0 Å². The number of rotatable bonds is 1. The maximum Gasteiger partial charge on any atom is 0.156 e. The minimum Gasteiger partial charge on any atom is -0.354 e. The van der Waals surface area contributed by atoms with Crippen LogP contribution in [0.5, 0.6) is 0 Å². The molecule has 0 radical (unpaired) electrons. The van der Waals surface area contributed by atoms with Gasteiger partial charge in [0.2, 0.25) is 0 Å². The minimum absolute atomic E-state index is 0.00222. The third kappa shape index (κ3) is 1.81. The highest BCUT2D eigenvalue weighted by atomic mass is 32.2. The predicted octanol–water partition coefficient (Wildman–Crippen LogP) is -0.191. The standard InChI is InChI=1S/C10H13NO2S/c11-10-7-14(12,13)6-9(10)8-4-2-1-3-5-8/h1-5,9-10H,6-7,11H2/p+1/t9-,10-/m0/s1. The van der Waals surface area contributed by atoms with Crippen molar-refractivity contribution in [3.63, 3.8) is 0 Å². The molecular weight excluding hydrogens is 198 g/mol. The average Bonchev–Trinajstić information content (AvgIpc) is 2.41. The van der Waals surface area contributed by atoms with Crippen molar-refractivity contribution < 1.29 is 14.2 Å². The van der Waals surface area contributed by atoms with Gasteiger partial charge >= 0.3 is 0 Å². The fourth-order valence-corrected chi connectivity index (χ4v) is 4.02. The van der Waals surface area contributed by atoms with Gasteiger partial charge in [-0.1, -0.05) is 30.3 Å². The zero-order chi connectivity index (χ0) is 10.2. The lowest BCUT2D eigenvalue weighted by molar-refractivity contribution is -0.415. The quantitative estimate of drug-likeness (QED) is 0.701. The van der Waals surface area contributed by atoms with E-state index in [2.05, 4.69) is 5.73 Å². The molecule has 0 aromatic heterocycles. The van der Waals surface area contributed by atoms with Crippen LogP contribution in [0.4, 0.5) is 0 Å². The molecule has 0 aliphatic carbocycles. The lowest BCUT2D eigenvalue weighted by Crippen LogP contribution is -2.63. The van der Waals surface area contributed by atoms with E-state index >= 15 is 0 Å². The first-order valence-electron chi connectivity index (χ1n) is 4.67. The molecule has 14 heavy (non-hydrogen) atoms. The van der Waals surface area contributed by atoms with Crippen molar-refractivity contribution in [2.24, 2.45) is 0 Å². The Morgan fingerprint density at radius 2 is 1.79 bits per heavy atom. The molecule has 0 bridgehead atoms. The number of quaternary nitrogens is 1. The second-order valence-corrected chi connectivity index (χ2v) is 6.01. The monoisotopic (exact) mass is 212 g/mol. The Labute approximate surface area is 83.9 Å². The smallest absolute Gasteiger partial charge is 0.156 e. The first-order valence-corrected chi connectivity index (χ1v) is 6.49. The molecule has 3 N–H and O–H groups in total. The fourth-order valence-electron chi connectivity index (χ4n) is 1.99. The molecular formula is C10H14NO2S+. The van der Waals surface area contributed by atoms with Gasteiger partial charge in [-0.15, -0.1) is 0 Å². The molecule has 1 aliphatic heterocycles. The third-order valence-corrected chi connectivity index (χ3v) is 4.50. The maximum atomic E-state index is 11.4. The molecule has 0 spiro atoms.